The largest absolute Gasteiger partial charge is 0.467 e. The van der Waals surface area contributed by atoms with E-state index < -0.39 is 12.0 Å². The van der Waals surface area contributed by atoms with Crippen LogP contribution >= 0.6 is 23.1 Å². The van der Waals surface area contributed by atoms with Gasteiger partial charge in [-0.2, -0.15) is 0 Å². The first-order valence-corrected chi connectivity index (χ1v) is 9.23. The summed E-state index contributed by atoms with van der Waals surface area (Å²) < 4.78 is 10.2. The van der Waals surface area contributed by atoms with Crippen molar-refractivity contribution in [1.82, 2.24) is 15.5 Å². The van der Waals surface area contributed by atoms with Crippen LogP contribution in [0.1, 0.15) is 20.3 Å². The quantitative estimate of drug-likeness (QED) is 0.564. The molecular weight excluding hydrogens is 350 g/mol. The summed E-state index contributed by atoms with van der Waals surface area (Å²) in [5, 5.41) is 12.8. The van der Waals surface area contributed by atoms with Gasteiger partial charge in [0.1, 0.15) is 6.04 Å². The fraction of sp³-hybridized carbons (Fsp3) is 0.467. The van der Waals surface area contributed by atoms with Gasteiger partial charge in [-0.25, -0.2) is 4.79 Å². The molecule has 2 heterocycles. The zero-order chi connectivity index (χ0) is 17.5. The van der Waals surface area contributed by atoms with Crippen LogP contribution in [0.4, 0.5) is 0 Å². The Morgan fingerprint density at radius 3 is 2.83 bits per heavy atom. The monoisotopic (exact) mass is 369 g/mol. The van der Waals surface area contributed by atoms with Crippen molar-refractivity contribution in [3.8, 4) is 10.8 Å². The predicted octanol–water partition coefficient (Wildman–Crippen LogP) is 2.59. The maximum atomic E-state index is 12.0. The molecule has 0 aromatic carbocycles. The molecular formula is C15H19N3O4S2. The number of thioether (sulfide) groups is 1. The lowest BCUT2D eigenvalue weighted by Crippen LogP contribution is -2.43. The molecule has 130 valence electrons. The first-order valence-electron chi connectivity index (χ1n) is 7.37. The van der Waals surface area contributed by atoms with Gasteiger partial charge in [0.25, 0.3) is 11.1 Å². The predicted molar refractivity (Wildman–Crippen MR) is 91.7 cm³/mol. The second kappa shape index (κ2) is 8.84. The Morgan fingerprint density at radius 2 is 2.21 bits per heavy atom. The van der Waals surface area contributed by atoms with Gasteiger partial charge in [0, 0.05) is 0 Å². The number of hydrogen-bond acceptors (Lipinski definition) is 8. The second-order valence-corrected chi connectivity index (χ2v) is 7.29. The number of amides is 1. The highest BCUT2D eigenvalue weighted by atomic mass is 32.2. The number of nitrogens with one attached hydrogen (secondary N) is 1. The van der Waals surface area contributed by atoms with E-state index in [1.54, 1.807) is 0 Å². The van der Waals surface area contributed by atoms with Crippen molar-refractivity contribution >= 4 is 35.0 Å². The Bertz CT molecular complexity index is 670. The molecule has 0 aliphatic heterocycles. The molecule has 0 saturated heterocycles. The van der Waals surface area contributed by atoms with Crippen molar-refractivity contribution in [2.45, 2.75) is 31.5 Å². The van der Waals surface area contributed by atoms with Gasteiger partial charge in [0.05, 0.1) is 17.7 Å². The number of ether oxygens (including phenoxy) is 1. The molecule has 0 bridgehead atoms. The van der Waals surface area contributed by atoms with E-state index in [0.29, 0.717) is 17.5 Å². The third-order valence-electron chi connectivity index (χ3n) is 2.99. The Kier molecular flexibility index (Phi) is 6.80. The summed E-state index contributed by atoms with van der Waals surface area (Å²) in [7, 11) is 1.31. The molecule has 0 unspecified atom stereocenters. The van der Waals surface area contributed by atoms with Crippen LogP contribution in [0.2, 0.25) is 0 Å². The molecule has 9 heteroatoms. The molecule has 0 radical (unpaired) electrons. The molecule has 0 saturated carbocycles. The third kappa shape index (κ3) is 5.34. The average molecular weight is 369 g/mol. The van der Waals surface area contributed by atoms with E-state index in [4.69, 9.17) is 9.15 Å². The molecule has 1 atom stereocenters. The molecule has 2 aromatic rings. The average Bonchev–Trinajstić information content (AvgIpc) is 3.21. The van der Waals surface area contributed by atoms with Gasteiger partial charge < -0.3 is 14.5 Å². The molecule has 0 fully saturated rings. The lowest BCUT2D eigenvalue weighted by Gasteiger charge is -2.17. The Morgan fingerprint density at radius 1 is 1.42 bits per heavy atom. The molecule has 0 aliphatic carbocycles. The van der Waals surface area contributed by atoms with Crippen LogP contribution < -0.4 is 5.32 Å². The van der Waals surface area contributed by atoms with Gasteiger partial charge in [-0.3, -0.25) is 4.79 Å². The number of rotatable bonds is 8. The zero-order valence-electron chi connectivity index (χ0n) is 13.6. The summed E-state index contributed by atoms with van der Waals surface area (Å²) >= 11 is 2.62. The van der Waals surface area contributed by atoms with Gasteiger partial charge in [-0.1, -0.05) is 31.7 Å². The van der Waals surface area contributed by atoms with Crippen molar-refractivity contribution in [3.63, 3.8) is 0 Å². The van der Waals surface area contributed by atoms with Crippen LogP contribution in [-0.4, -0.2) is 41.0 Å². The van der Waals surface area contributed by atoms with Crippen LogP contribution in [0.25, 0.3) is 10.8 Å². The summed E-state index contributed by atoms with van der Waals surface area (Å²) in [6, 6.07) is 3.13. The highest BCUT2D eigenvalue weighted by Crippen LogP contribution is 2.26. The van der Waals surface area contributed by atoms with Gasteiger partial charge in [-0.15, -0.1) is 21.5 Å². The number of esters is 1. The van der Waals surface area contributed by atoms with Crippen molar-refractivity contribution in [2.75, 3.05) is 12.9 Å². The summed E-state index contributed by atoms with van der Waals surface area (Å²) in [5.74, 6) is 0.0377. The van der Waals surface area contributed by atoms with Crippen LogP contribution in [-0.2, 0) is 14.3 Å². The smallest absolute Gasteiger partial charge is 0.328 e. The standard InChI is InChI=1S/C15H19N3O4S2/c1-9(2)7-10(14(20)21-3)16-12(19)8-24-15-18-17-13(22-15)11-5-4-6-23-11/h4-6,9-10H,7-8H2,1-3H3,(H,16,19)/t10-/m1/s1. The molecule has 0 spiro atoms. The van der Waals surface area contributed by atoms with E-state index in [1.807, 2.05) is 31.4 Å². The molecule has 2 rings (SSSR count). The van der Waals surface area contributed by atoms with E-state index in [0.717, 1.165) is 16.6 Å². The number of nitrogens with zero attached hydrogens (tertiary/aromatic N) is 2. The van der Waals surface area contributed by atoms with Crippen molar-refractivity contribution < 1.29 is 18.7 Å². The minimum Gasteiger partial charge on any atom is -0.467 e. The fourth-order valence-electron chi connectivity index (χ4n) is 1.96. The van der Waals surface area contributed by atoms with E-state index in [2.05, 4.69) is 15.5 Å². The molecule has 0 aliphatic rings. The summed E-state index contributed by atoms with van der Waals surface area (Å²) in [6.07, 6.45) is 0.520. The normalized spacial score (nSPS) is 12.2. The lowest BCUT2D eigenvalue weighted by atomic mass is 10.0. The van der Waals surface area contributed by atoms with Crippen molar-refractivity contribution in [2.24, 2.45) is 5.92 Å². The van der Waals surface area contributed by atoms with Crippen LogP contribution in [0.3, 0.4) is 0 Å². The van der Waals surface area contributed by atoms with E-state index in [-0.39, 0.29) is 17.6 Å². The minimum atomic E-state index is -0.646. The summed E-state index contributed by atoms with van der Waals surface area (Å²) in [5.41, 5.74) is 0. The highest BCUT2D eigenvalue weighted by molar-refractivity contribution is 7.99. The second-order valence-electron chi connectivity index (χ2n) is 5.41. The van der Waals surface area contributed by atoms with Gasteiger partial charge in [0.2, 0.25) is 5.91 Å². The van der Waals surface area contributed by atoms with Gasteiger partial charge >= 0.3 is 5.97 Å². The lowest BCUT2D eigenvalue weighted by molar-refractivity contribution is -0.145. The van der Waals surface area contributed by atoms with Crippen molar-refractivity contribution in [3.05, 3.63) is 17.5 Å². The Hall–Kier alpha value is -1.87. The minimum absolute atomic E-state index is 0.0810. The number of carbonyl (C=O) groups excluding carboxylic acids is 2. The van der Waals surface area contributed by atoms with Gasteiger partial charge in [0.15, 0.2) is 0 Å². The van der Waals surface area contributed by atoms with E-state index >= 15 is 0 Å². The van der Waals surface area contributed by atoms with E-state index in [1.165, 1.54) is 18.4 Å². The highest BCUT2D eigenvalue weighted by Gasteiger charge is 2.23. The Labute approximate surface area is 148 Å². The molecule has 1 N–H and O–H groups in total. The summed E-state index contributed by atoms with van der Waals surface area (Å²) in [6.45, 7) is 3.95. The van der Waals surface area contributed by atoms with Crippen molar-refractivity contribution in [1.29, 1.82) is 0 Å². The number of thiophene rings is 1. The molecule has 24 heavy (non-hydrogen) atoms. The zero-order valence-corrected chi connectivity index (χ0v) is 15.3. The molecule has 2 aromatic heterocycles. The Balaban J connectivity index is 1.87. The third-order valence-corrected chi connectivity index (χ3v) is 4.67. The van der Waals surface area contributed by atoms with Crippen LogP contribution in [0.15, 0.2) is 27.2 Å². The van der Waals surface area contributed by atoms with Gasteiger partial charge in [-0.05, 0) is 23.8 Å². The maximum absolute atomic E-state index is 12.0. The molecule has 7 nitrogen and oxygen atoms in total. The fourth-order valence-corrected chi connectivity index (χ4v) is 3.18. The SMILES string of the molecule is COC(=O)[C@@H](CC(C)C)NC(=O)CSc1nnc(-c2cccs2)o1. The van der Waals surface area contributed by atoms with E-state index in [9.17, 15) is 9.59 Å². The number of carbonyl (C=O) groups is 2. The summed E-state index contributed by atoms with van der Waals surface area (Å²) in [4.78, 5) is 24.6. The van der Waals surface area contributed by atoms with Crippen LogP contribution in [0.5, 0.6) is 0 Å². The number of methoxy groups -OCH3 is 1. The molecule has 1 amide bonds. The first-order chi connectivity index (χ1) is 11.5. The maximum Gasteiger partial charge on any atom is 0.328 e. The van der Waals surface area contributed by atoms with Crippen LogP contribution in [0, 0.1) is 5.92 Å². The topological polar surface area (TPSA) is 94.3 Å². The number of aromatic nitrogens is 2. The number of hydrogen-bond donors (Lipinski definition) is 1. The first kappa shape index (κ1) is 18.5.